The van der Waals surface area contributed by atoms with Crippen molar-refractivity contribution in [1.29, 1.82) is 0 Å². The molecule has 0 saturated carbocycles. The summed E-state index contributed by atoms with van der Waals surface area (Å²) >= 11 is 0. The fourth-order valence-corrected chi connectivity index (χ4v) is 0.554. The Bertz CT molecular complexity index is 72.1. The Morgan fingerprint density at radius 2 is 1.50 bits per heavy atom. The fourth-order valence-electron chi connectivity index (χ4n) is 0.554. The maximum Gasteiger partial charge on any atom is 0.0807 e. The smallest absolute Gasteiger partial charge is 0.0807 e. The molecule has 0 amide bonds. The summed E-state index contributed by atoms with van der Waals surface area (Å²) in [5.41, 5.74) is 0. The van der Waals surface area contributed by atoms with E-state index in [0.29, 0.717) is 0 Å². The molecule has 0 aromatic heterocycles. The number of hydrogen-bond donors (Lipinski definition) is 4. The lowest BCUT2D eigenvalue weighted by molar-refractivity contribution is 0.0884. The average Bonchev–Trinajstić information content (AvgIpc) is 1.99. The van der Waals surface area contributed by atoms with Gasteiger partial charge in [0, 0.05) is 25.6 Å². The van der Waals surface area contributed by atoms with Crippen molar-refractivity contribution in [2.75, 3.05) is 19.8 Å². The van der Waals surface area contributed by atoms with Crippen molar-refractivity contribution in [2.24, 2.45) is 5.92 Å². The summed E-state index contributed by atoms with van der Waals surface area (Å²) in [5.74, 6) is -0.442. The van der Waals surface area contributed by atoms with E-state index < -0.39 is 12.0 Å². The quantitative estimate of drug-likeness (QED) is 0.370. The van der Waals surface area contributed by atoms with Gasteiger partial charge in [-0.15, -0.1) is 0 Å². The zero-order valence-electron chi connectivity index (χ0n) is 5.64. The van der Waals surface area contributed by atoms with E-state index in [9.17, 15) is 0 Å². The van der Waals surface area contributed by atoms with Gasteiger partial charge in [0.1, 0.15) is 0 Å². The molecule has 0 aliphatic carbocycles. The molecule has 0 aliphatic heterocycles. The number of aliphatic hydroxyl groups excluding tert-OH is 4. The van der Waals surface area contributed by atoms with Crippen LogP contribution >= 0.6 is 0 Å². The highest BCUT2D eigenvalue weighted by atomic mass is 16.3. The van der Waals surface area contributed by atoms with Crippen LogP contribution in [0.2, 0.25) is 0 Å². The molecule has 0 aliphatic rings. The maximum absolute atomic E-state index is 8.76. The highest BCUT2D eigenvalue weighted by Gasteiger charge is 2.11. The van der Waals surface area contributed by atoms with Crippen LogP contribution in [0.25, 0.3) is 0 Å². The second-order valence-corrected chi connectivity index (χ2v) is 2.07. The van der Waals surface area contributed by atoms with Gasteiger partial charge in [0.05, 0.1) is 12.7 Å². The van der Waals surface area contributed by atoms with Gasteiger partial charge in [-0.2, -0.15) is 0 Å². The summed E-state index contributed by atoms with van der Waals surface area (Å²) < 4.78 is 0. The number of aliphatic hydroxyl groups is 4. The van der Waals surface area contributed by atoms with Crippen LogP contribution in [0.5, 0.6) is 0 Å². The van der Waals surface area contributed by atoms with Crippen molar-refractivity contribution in [3.8, 4) is 0 Å². The molecule has 0 aromatic rings. The van der Waals surface area contributed by atoms with Crippen molar-refractivity contribution in [3.63, 3.8) is 0 Å². The molecular formula is C6H13O4. The Kier molecular flexibility index (Phi) is 5.52. The number of rotatable bonds is 5. The first kappa shape index (κ1) is 9.84. The molecule has 4 nitrogen and oxygen atoms in total. The highest BCUT2D eigenvalue weighted by Crippen LogP contribution is 2.02. The van der Waals surface area contributed by atoms with Gasteiger partial charge in [0.25, 0.3) is 0 Å². The molecule has 4 N–H and O–H groups in total. The SMILES string of the molecule is OCC(O)[CH]C(CO)CO. The van der Waals surface area contributed by atoms with E-state index in [4.69, 9.17) is 20.4 Å². The minimum Gasteiger partial charge on any atom is -0.396 e. The van der Waals surface area contributed by atoms with Crippen molar-refractivity contribution < 1.29 is 20.4 Å². The Hall–Kier alpha value is -0.160. The molecule has 0 aromatic carbocycles. The second-order valence-electron chi connectivity index (χ2n) is 2.07. The summed E-state index contributed by atoms with van der Waals surface area (Å²) in [6, 6.07) is 0. The van der Waals surface area contributed by atoms with E-state index in [1.54, 1.807) is 0 Å². The lowest BCUT2D eigenvalue weighted by Gasteiger charge is -2.12. The van der Waals surface area contributed by atoms with Gasteiger partial charge in [-0.05, 0) is 0 Å². The lowest BCUT2D eigenvalue weighted by Crippen LogP contribution is -2.22. The van der Waals surface area contributed by atoms with Crippen LogP contribution in [0.3, 0.4) is 0 Å². The Labute approximate surface area is 59.7 Å². The molecule has 1 atom stereocenters. The topological polar surface area (TPSA) is 80.9 Å². The van der Waals surface area contributed by atoms with Crippen LogP contribution in [0, 0.1) is 12.3 Å². The van der Waals surface area contributed by atoms with Gasteiger partial charge in [-0.1, -0.05) is 0 Å². The third-order valence-corrected chi connectivity index (χ3v) is 1.15. The van der Waals surface area contributed by atoms with Crippen molar-refractivity contribution in [3.05, 3.63) is 6.42 Å². The average molecular weight is 149 g/mol. The standard InChI is InChI=1S/C6H13O4/c7-2-5(3-8)1-6(10)4-9/h1,5-10H,2-4H2. The van der Waals surface area contributed by atoms with Gasteiger partial charge in [-0.25, -0.2) is 0 Å². The molecule has 0 rings (SSSR count). The van der Waals surface area contributed by atoms with Crippen LogP contribution in [0.1, 0.15) is 0 Å². The molecule has 0 spiro atoms. The molecule has 0 bridgehead atoms. The van der Waals surface area contributed by atoms with Gasteiger partial charge in [0.15, 0.2) is 0 Å². The van der Waals surface area contributed by atoms with E-state index >= 15 is 0 Å². The second kappa shape index (κ2) is 5.61. The Balaban J connectivity index is 3.41. The van der Waals surface area contributed by atoms with Crippen molar-refractivity contribution >= 4 is 0 Å². The largest absolute Gasteiger partial charge is 0.396 e. The van der Waals surface area contributed by atoms with Crippen LogP contribution < -0.4 is 0 Å². The summed E-state index contributed by atoms with van der Waals surface area (Å²) in [7, 11) is 0. The van der Waals surface area contributed by atoms with Gasteiger partial charge in [0.2, 0.25) is 0 Å². The molecular weight excluding hydrogens is 136 g/mol. The van der Waals surface area contributed by atoms with E-state index in [-0.39, 0.29) is 19.8 Å². The first-order valence-corrected chi connectivity index (χ1v) is 3.10. The van der Waals surface area contributed by atoms with Gasteiger partial charge >= 0.3 is 0 Å². The van der Waals surface area contributed by atoms with Crippen molar-refractivity contribution in [1.82, 2.24) is 0 Å². The van der Waals surface area contributed by atoms with Gasteiger partial charge in [-0.3, -0.25) is 0 Å². The van der Waals surface area contributed by atoms with Crippen LogP contribution in [0.4, 0.5) is 0 Å². The normalized spacial score (nSPS) is 14.1. The highest BCUT2D eigenvalue weighted by molar-refractivity contribution is 4.82. The molecule has 4 heteroatoms. The molecule has 1 unspecified atom stereocenters. The zero-order valence-corrected chi connectivity index (χ0v) is 5.64. The summed E-state index contributed by atoms with van der Waals surface area (Å²) in [6.07, 6.45) is 0.351. The first-order valence-electron chi connectivity index (χ1n) is 3.10. The van der Waals surface area contributed by atoms with E-state index in [1.807, 2.05) is 0 Å². The van der Waals surface area contributed by atoms with Crippen LogP contribution in [-0.2, 0) is 0 Å². The summed E-state index contributed by atoms with van der Waals surface area (Å²) in [4.78, 5) is 0. The number of hydrogen-bond acceptors (Lipinski definition) is 4. The minimum absolute atomic E-state index is 0.215. The van der Waals surface area contributed by atoms with Crippen LogP contribution in [-0.4, -0.2) is 46.4 Å². The predicted molar refractivity (Wildman–Crippen MR) is 35.1 cm³/mol. The van der Waals surface area contributed by atoms with Gasteiger partial charge < -0.3 is 20.4 Å². The third kappa shape index (κ3) is 3.79. The van der Waals surface area contributed by atoms with Crippen molar-refractivity contribution in [2.45, 2.75) is 6.10 Å². The molecule has 0 saturated heterocycles. The van der Waals surface area contributed by atoms with E-state index in [1.165, 1.54) is 6.42 Å². The summed E-state index contributed by atoms with van der Waals surface area (Å²) in [5, 5.41) is 34.1. The summed E-state index contributed by atoms with van der Waals surface area (Å²) in [6.45, 7) is -0.808. The van der Waals surface area contributed by atoms with Crippen LogP contribution in [0.15, 0.2) is 0 Å². The molecule has 1 radical (unpaired) electrons. The molecule has 10 heavy (non-hydrogen) atoms. The fraction of sp³-hybridized carbons (Fsp3) is 0.833. The minimum atomic E-state index is -0.954. The first-order chi connectivity index (χ1) is 4.74. The molecule has 61 valence electrons. The molecule has 0 fully saturated rings. The maximum atomic E-state index is 8.76. The van der Waals surface area contributed by atoms with E-state index in [0.717, 1.165) is 0 Å². The monoisotopic (exact) mass is 149 g/mol. The van der Waals surface area contributed by atoms with E-state index in [2.05, 4.69) is 0 Å². The third-order valence-electron chi connectivity index (χ3n) is 1.15. The molecule has 0 heterocycles. The zero-order chi connectivity index (χ0) is 7.98. The Morgan fingerprint density at radius 1 is 1.00 bits per heavy atom. The lowest BCUT2D eigenvalue weighted by atomic mass is 10.0. The Morgan fingerprint density at radius 3 is 1.80 bits per heavy atom. The predicted octanol–water partition coefficient (Wildman–Crippen LogP) is -1.86.